The van der Waals surface area contributed by atoms with Crippen molar-refractivity contribution in [3.05, 3.63) is 35.4 Å². The molecule has 0 bridgehead atoms. The maximum Gasteiger partial charge on any atom is 0.335 e. The number of hydrogen-bond donors (Lipinski definition) is 1. The van der Waals surface area contributed by atoms with E-state index in [9.17, 15) is 14.4 Å². The molecule has 0 spiro atoms. The highest BCUT2D eigenvalue weighted by atomic mass is 32.2. The van der Waals surface area contributed by atoms with Crippen LogP contribution in [0.1, 0.15) is 36.2 Å². The van der Waals surface area contributed by atoms with Crippen molar-refractivity contribution < 1.29 is 19.5 Å². The summed E-state index contributed by atoms with van der Waals surface area (Å²) >= 11 is 1.60. The first kappa shape index (κ1) is 19.3. The van der Waals surface area contributed by atoms with Gasteiger partial charge in [0.1, 0.15) is 6.04 Å². The van der Waals surface area contributed by atoms with Gasteiger partial charge >= 0.3 is 5.97 Å². The molecule has 25 heavy (non-hydrogen) atoms. The van der Waals surface area contributed by atoms with Gasteiger partial charge in [-0.15, -0.1) is 11.8 Å². The third-order valence-electron chi connectivity index (χ3n) is 4.39. The van der Waals surface area contributed by atoms with Gasteiger partial charge in [-0.1, -0.05) is 12.1 Å². The summed E-state index contributed by atoms with van der Waals surface area (Å²) in [7, 11) is 0. The van der Waals surface area contributed by atoms with Crippen LogP contribution in [0.15, 0.2) is 24.3 Å². The lowest BCUT2D eigenvalue weighted by Gasteiger charge is -2.28. The molecule has 1 atom stereocenters. The number of aryl methyl sites for hydroxylation is 1. The van der Waals surface area contributed by atoms with Crippen molar-refractivity contribution in [3.8, 4) is 0 Å². The van der Waals surface area contributed by atoms with Gasteiger partial charge in [-0.25, -0.2) is 4.79 Å². The van der Waals surface area contributed by atoms with E-state index < -0.39 is 5.97 Å². The van der Waals surface area contributed by atoms with Crippen LogP contribution in [0.25, 0.3) is 0 Å². The Bertz CT molecular complexity index is 628. The Morgan fingerprint density at radius 1 is 1.20 bits per heavy atom. The lowest BCUT2D eigenvalue weighted by Crippen LogP contribution is -2.49. The molecule has 1 fully saturated rings. The first-order chi connectivity index (χ1) is 12.0. The first-order valence-corrected chi connectivity index (χ1v) is 9.61. The molecule has 1 aromatic carbocycles. The van der Waals surface area contributed by atoms with Crippen LogP contribution < -0.4 is 0 Å². The quantitative estimate of drug-likeness (QED) is 0.801. The Morgan fingerprint density at radius 3 is 2.40 bits per heavy atom. The molecular formula is C18H24N2O4S. The number of carbonyl (C=O) groups excluding carboxylic acids is 2. The van der Waals surface area contributed by atoms with E-state index in [2.05, 4.69) is 0 Å². The van der Waals surface area contributed by atoms with E-state index in [4.69, 9.17) is 5.11 Å². The molecule has 1 heterocycles. The maximum absolute atomic E-state index is 12.6. The normalized spacial score (nSPS) is 16.7. The molecule has 1 aliphatic rings. The van der Waals surface area contributed by atoms with Crippen LogP contribution in [0.3, 0.4) is 0 Å². The van der Waals surface area contributed by atoms with Gasteiger partial charge in [-0.2, -0.15) is 0 Å². The van der Waals surface area contributed by atoms with Crippen LogP contribution >= 0.6 is 11.8 Å². The molecule has 1 N–H and O–H groups in total. The number of hydrogen-bond acceptors (Lipinski definition) is 4. The number of rotatable bonds is 7. The molecule has 0 aromatic heterocycles. The summed E-state index contributed by atoms with van der Waals surface area (Å²) < 4.78 is 0. The summed E-state index contributed by atoms with van der Waals surface area (Å²) in [6.07, 6.45) is 0.848. The molecule has 0 radical (unpaired) electrons. The Hall–Kier alpha value is -2.02. The SMILES string of the molecule is CCN(CC)C(=O)C1CSCN1C(=O)CCc1ccc(C(=O)O)cc1. The average Bonchev–Trinajstić information content (AvgIpc) is 3.10. The number of benzene rings is 1. The largest absolute Gasteiger partial charge is 0.478 e. The molecule has 0 aliphatic carbocycles. The second-order valence-electron chi connectivity index (χ2n) is 5.89. The standard InChI is InChI=1S/C18H24N2O4S/c1-3-19(4-2)17(22)15-11-25-12-20(15)16(21)10-7-13-5-8-14(9-6-13)18(23)24/h5-6,8-9,15H,3-4,7,10-12H2,1-2H3,(H,23,24). The molecule has 1 unspecified atom stereocenters. The minimum Gasteiger partial charge on any atom is -0.478 e. The first-order valence-electron chi connectivity index (χ1n) is 8.46. The number of carboxylic acid groups (broad SMARTS) is 1. The predicted octanol–water partition coefficient (Wildman–Crippen LogP) is 2.09. The lowest BCUT2D eigenvalue weighted by atomic mass is 10.1. The van der Waals surface area contributed by atoms with Crippen molar-refractivity contribution >= 4 is 29.5 Å². The highest BCUT2D eigenvalue weighted by Gasteiger charge is 2.36. The van der Waals surface area contributed by atoms with Gasteiger partial charge in [0.05, 0.1) is 11.4 Å². The van der Waals surface area contributed by atoms with Gasteiger partial charge in [0.2, 0.25) is 11.8 Å². The Balaban J connectivity index is 1.95. The number of thioether (sulfide) groups is 1. The third-order valence-corrected chi connectivity index (χ3v) is 5.40. The molecule has 1 aliphatic heterocycles. The maximum atomic E-state index is 12.6. The van der Waals surface area contributed by atoms with Crippen LogP contribution in [0.4, 0.5) is 0 Å². The average molecular weight is 364 g/mol. The summed E-state index contributed by atoms with van der Waals surface area (Å²) in [6.45, 7) is 5.18. The topological polar surface area (TPSA) is 77.9 Å². The Kier molecular flexibility index (Phi) is 6.87. The molecule has 136 valence electrons. The van der Waals surface area contributed by atoms with Gasteiger partial charge in [0, 0.05) is 25.3 Å². The number of likely N-dealkylation sites (N-methyl/N-ethyl adjacent to an activating group) is 1. The summed E-state index contributed by atoms with van der Waals surface area (Å²) in [6, 6.07) is 6.18. The van der Waals surface area contributed by atoms with Crippen molar-refractivity contribution in [1.82, 2.24) is 9.80 Å². The molecule has 1 aromatic rings. The number of amides is 2. The Labute approximate surface area is 152 Å². The second-order valence-corrected chi connectivity index (χ2v) is 6.89. The number of nitrogens with zero attached hydrogens (tertiary/aromatic N) is 2. The van der Waals surface area contributed by atoms with Gasteiger partial charge < -0.3 is 14.9 Å². The van der Waals surface area contributed by atoms with E-state index in [0.717, 1.165) is 5.56 Å². The van der Waals surface area contributed by atoms with E-state index in [1.807, 2.05) is 13.8 Å². The summed E-state index contributed by atoms with van der Waals surface area (Å²) in [5, 5.41) is 8.90. The third kappa shape index (κ3) is 4.75. The monoisotopic (exact) mass is 364 g/mol. The molecule has 2 amide bonds. The van der Waals surface area contributed by atoms with Crippen LogP contribution in [0.2, 0.25) is 0 Å². The highest BCUT2D eigenvalue weighted by molar-refractivity contribution is 7.99. The van der Waals surface area contributed by atoms with E-state index in [1.54, 1.807) is 45.8 Å². The molecule has 6 nitrogen and oxygen atoms in total. The molecule has 2 rings (SSSR count). The molecular weight excluding hydrogens is 340 g/mol. The van der Waals surface area contributed by atoms with E-state index in [-0.39, 0.29) is 23.4 Å². The van der Waals surface area contributed by atoms with Crippen molar-refractivity contribution in [2.24, 2.45) is 0 Å². The number of carboxylic acids is 1. The zero-order valence-electron chi connectivity index (χ0n) is 14.6. The second kappa shape index (κ2) is 8.89. The fourth-order valence-electron chi connectivity index (χ4n) is 2.85. The fourth-order valence-corrected chi connectivity index (χ4v) is 4.02. The Morgan fingerprint density at radius 2 is 1.84 bits per heavy atom. The van der Waals surface area contributed by atoms with E-state index in [1.165, 1.54) is 0 Å². The van der Waals surface area contributed by atoms with Crippen molar-refractivity contribution in [3.63, 3.8) is 0 Å². The smallest absolute Gasteiger partial charge is 0.335 e. The summed E-state index contributed by atoms with van der Waals surface area (Å²) in [5.41, 5.74) is 1.15. The highest BCUT2D eigenvalue weighted by Crippen LogP contribution is 2.24. The van der Waals surface area contributed by atoms with Gasteiger partial charge in [0.25, 0.3) is 0 Å². The van der Waals surface area contributed by atoms with Crippen LogP contribution in [0.5, 0.6) is 0 Å². The fraction of sp³-hybridized carbons (Fsp3) is 0.500. The van der Waals surface area contributed by atoms with Crippen LogP contribution in [0, 0.1) is 0 Å². The zero-order valence-corrected chi connectivity index (χ0v) is 15.4. The minimum absolute atomic E-state index is 0.0224. The summed E-state index contributed by atoms with van der Waals surface area (Å²) in [5.74, 6) is 0.226. The van der Waals surface area contributed by atoms with Crippen LogP contribution in [-0.2, 0) is 16.0 Å². The van der Waals surface area contributed by atoms with Gasteiger partial charge in [-0.3, -0.25) is 9.59 Å². The van der Waals surface area contributed by atoms with Crippen molar-refractivity contribution in [1.29, 1.82) is 0 Å². The molecule has 0 saturated carbocycles. The lowest BCUT2D eigenvalue weighted by molar-refractivity contribution is -0.143. The molecule has 1 saturated heterocycles. The van der Waals surface area contributed by atoms with Gasteiger partial charge in [0.15, 0.2) is 0 Å². The van der Waals surface area contributed by atoms with Crippen molar-refractivity contribution in [2.45, 2.75) is 32.7 Å². The number of aromatic carboxylic acids is 1. The van der Waals surface area contributed by atoms with E-state index in [0.29, 0.717) is 37.6 Å². The zero-order chi connectivity index (χ0) is 18.4. The van der Waals surface area contributed by atoms with Crippen LogP contribution in [-0.4, -0.2) is 63.5 Å². The van der Waals surface area contributed by atoms with Crippen molar-refractivity contribution in [2.75, 3.05) is 24.7 Å². The number of carbonyl (C=O) groups is 3. The van der Waals surface area contributed by atoms with Gasteiger partial charge in [-0.05, 0) is 38.0 Å². The predicted molar refractivity (Wildman–Crippen MR) is 97.6 cm³/mol. The summed E-state index contributed by atoms with van der Waals surface area (Å²) in [4.78, 5) is 39.4. The van der Waals surface area contributed by atoms with E-state index >= 15 is 0 Å². The molecule has 7 heteroatoms. The minimum atomic E-state index is -0.963.